The fourth-order valence-electron chi connectivity index (χ4n) is 1.29. The summed E-state index contributed by atoms with van der Waals surface area (Å²) < 4.78 is 2.70. The highest BCUT2D eigenvalue weighted by Crippen LogP contribution is 2.07. The Morgan fingerprint density at radius 1 is 1.31 bits per heavy atom. The molecule has 0 amide bonds. The zero-order chi connectivity index (χ0) is 11.8. The van der Waals surface area contributed by atoms with E-state index in [4.69, 9.17) is 10.5 Å². The summed E-state index contributed by atoms with van der Waals surface area (Å²) in [6.07, 6.45) is 4.51. The van der Waals surface area contributed by atoms with E-state index in [1.807, 2.05) is 11.1 Å². The van der Waals surface area contributed by atoms with Crippen molar-refractivity contribution in [3.05, 3.63) is 16.9 Å². The Bertz CT molecular complexity index is 382. The maximum Gasteiger partial charge on any atom is 0.0929 e. The highest BCUT2D eigenvalue weighted by molar-refractivity contribution is 9.10. The van der Waals surface area contributed by atoms with Gasteiger partial charge in [0.15, 0.2) is 0 Å². The molecule has 0 atom stereocenters. The molecular formula is C10H12BrN5. The number of hydrogen-bond donors (Lipinski definition) is 0. The third-order valence-electron chi connectivity index (χ3n) is 2.03. The van der Waals surface area contributed by atoms with Crippen LogP contribution in [-0.4, -0.2) is 27.8 Å². The topological polar surface area (TPSA) is 68.6 Å². The predicted octanol–water partition coefficient (Wildman–Crippen LogP) is 1.73. The van der Waals surface area contributed by atoms with Crippen molar-refractivity contribution in [2.24, 2.45) is 0 Å². The van der Waals surface area contributed by atoms with Crippen molar-refractivity contribution in [2.75, 3.05) is 13.1 Å². The Labute approximate surface area is 103 Å². The van der Waals surface area contributed by atoms with Gasteiger partial charge in [-0.3, -0.25) is 9.58 Å². The Morgan fingerprint density at radius 3 is 2.38 bits per heavy atom. The smallest absolute Gasteiger partial charge is 0.0929 e. The highest BCUT2D eigenvalue weighted by atomic mass is 79.9. The van der Waals surface area contributed by atoms with Gasteiger partial charge in [-0.1, -0.05) is 0 Å². The van der Waals surface area contributed by atoms with E-state index in [-0.39, 0.29) is 0 Å². The summed E-state index contributed by atoms with van der Waals surface area (Å²) in [5.74, 6) is 0. The number of halogens is 1. The van der Waals surface area contributed by atoms with Gasteiger partial charge in [0.05, 0.1) is 29.5 Å². The number of nitriles is 2. The average Bonchev–Trinajstić information content (AvgIpc) is 2.68. The number of rotatable bonds is 6. The van der Waals surface area contributed by atoms with E-state index < -0.39 is 0 Å². The molecule has 0 bridgehead atoms. The maximum absolute atomic E-state index is 8.54. The van der Waals surface area contributed by atoms with Gasteiger partial charge in [0.1, 0.15) is 0 Å². The Morgan fingerprint density at radius 2 is 1.94 bits per heavy atom. The van der Waals surface area contributed by atoms with Crippen LogP contribution in [0.25, 0.3) is 0 Å². The van der Waals surface area contributed by atoms with Crippen molar-refractivity contribution >= 4 is 15.9 Å². The van der Waals surface area contributed by atoms with Crippen LogP contribution >= 0.6 is 15.9 Å². The number of aromatic nitrogens is 2. The van der Waals surface area contributed by atoms with Crippen LogP contribution in [0.2, 0.25) is 0 Å². The van der Waals surface area contributed by atoms with Crippen LogP contribution in [0.5, 0.6) is 0 Å². The Kier molecular flexibility index (Phi) is 5.55. The molecule has 1 heterocycles. The molecule has 0 aliphatic heterocycles. The zero-order valence-electron chi connectivity index (χ0n) is 8.80. The lowest BCUT2D eigenvalue weighted by atomic mass is 10.3. The van der Waals surface area contributed by atoms with Crippen molar-refractivity contribution in [1.82, 2.24) is 14.7 Å². The fourth-order valence-corrected chi connectivity index (χ4v) is 1.62. The lowest BCUT2D eigenvalue weighted by Gasteiger charge is -2.19. The van der Waals surface area contributed by atoms with Gasteiger partial charge in [-0.2, -0.15) is 15.6 Å². The quantitative estimate of drug-likeness (QED) is 0.796. The van der Waals surface area contributed by atoms with E-state index in [1.54, 1.807) is 10.9 Å². The molecule has 0 fully saturated rings. The standard InChI is InChI=1S/C10H12BrN5/c11-10-7-14-16(8-10)9-15(5-1-3-12)6-2-4-13/h7-8H,1-2,5-6,9H2. The molecule has 1 rings (SSSR count). The molecular weight excluding hydrogens is 270 g/mol. The molecule has 1 aromatic heterocycles. The summed E-state index contributed by atoms with van der Waals surface area (Å²) in [5.41, 5.74) is 0. The number of nitrogens with zero attached hydrogens (tertiary/aromatic N) is 5. The van der Waals surface area contributed by atoms with Crippen molar-refractivity contribution < 1.29 is 0 Å². The summed E-state index contributed by atoms with van der Waals surface area (Å²) in [4.78, 5) is 2.03. The summed E-state index contributed by atoms with van der Waals surface area (Å²) in [6, 6.07) is 4.20. The van der Waals surface area contributed by atoms with Crippen LogP contribution in [-0.2, 0) is 6.67 Å². The first kappa shape index (κ1) is 12.7. The Hall–Kier alpha value is -1.37. The SMILES string of the molecule is N#CCCN(CCC#N)Cn1cc(Br)cn1. The lowest BCUT2D eigenvalue weighted by molar-refractivity contribution is 0.216. The van der Waals surface area contributed by atoms with Crippen LogP contribution in [0.4, 0.5) is 0 Å². The molecule has 0 saturated carbocycles. The minimum absolute atomic E-state index is 0.466. The van der Waals surface area contributed by atoms with Gasteiger partial charge in [0.25, 0.3) is 0 Å². The van der Waals surface area contributed by atoms with Gasteiger partial charge in [-0.05, 0) is 15.9 Å². The van der Waals surface area contributed by atoms with E-state index in [2.05, 4.69) is 33.2 Å². The monoisotopic (exact) mass is 281 g/mol. The summed E-state index contributed by atoms with van der Waals surface area (Å²) in [6.45, 7) is 1.93. The molecule has 16 heavy (non-hydrogen) atoms. The van der Waals surface area contributed by atoms with Gasteiger partial charge >= 0.3 is 0 Å². The molecule has 0 aromatic carbocycles. The largest absolute Gasteiger partial charge is 0.282 e. The zero-order valence-corrected chi connectivity index (χ0v) is 10.4. The van der Waals surface area contributed by atoms with Gasteiger partial charge in [-0.15, -0.1) is 0 Å². The van der Waals surface area contributed by atoms with E-state index in [0.717, 1.165) is 4.47 Å². The fraction of sp³-hybridized carbons (Fsp3) is 0.500. The predicted molar refractivity (Wildman–Crippen MR) is 62.0 cm³/mol. The summed E-state index contributed by atoms with van der Waals surface area (Å²) in [7, 11) is 0. The van der Waals surface area contributed by atoms with Crippen LogP contribution in [0.3, 0.4) is 0 Å². The molecule has 1 aromatic rings. The maximum atomic E-state index is 8.54. The molecule has 0 N–H and O–H groups in total. The van der Waals surface area contributed by atoms with Crippen molar-refractivity contribution in [3.8, 4) is 12.1 Å². The second kappa shape index (κ2) is 7.00. The average molecular weight is 282 g/mol. The van der Waals surface area contributed by atoms with Crippen LogP contribution < -0.4 is 0 Å². The molecule has 84 valence electrons. The molecule has 5 nitrogen and oxygen atoms in total. The lowest BCUT2D eigenvalue weighted by Crippen LogP contribution is -2.28. The minimum Gasteiger partial charge on any atom is -0.282 e. The van der Waals surface area contributed by atoms with Crippen LogP contribution in [0.15, 0.2) is 16.9 Å². The van der Waals surface area contributed by atoms with E-state index in [9.17, 15) is 0 Å². The summed E-state index contributed by atoms with van der Waals surface area (Å²) in [5, 5.41) is 21.2. The van der Waals surface area contributed by atoms with E-state index in [0.29, 0.717) is 32.6 Å². The van der Waals surface area contributed by atoms with Crippen LogP contribution in [0.1, 0.15) is 12.8 Å². The van der Waals surface area contributed by atoms with Crippen molar-refractivity contribution in [3.63, 3.8) is 0 Å². The second-order valence-corrected chi connectivity index (χ2v) is 4.19. The Balaban J connectivity index is 2.49. The third-order valence-corrected chi connectivity index (χ3v) is 2.44. The van der Waals surface area contributed by atoms with E-state index in [1.165, 1.54) is 0 Å². The van der Waals surface area contributed by atoms with Gasteiger partial charge in [0.2, 0.25) is 0 Å². The molecule has 0 aliphatic carbocycles. The third kappa shape index (κ3) is 4.43. The van der Waals surface area contributed by atoms with Gasteiger partial charge in [0, 0.05) is 32.1 Å². The molecule has 0 radical (unpaired) electrons. The molecule has 0 spiro atoms. The first-order valence-corrected chi connectivity index (χ1v) is 5.69. The summed E-state index contributed by atoms with van der Waals surface area (Å²) >= 11 is 3.32. The highest BCUT2D eigenvalue weighted by Gasteiger charge is 2.05. The number of hydrogen-bond acceptors (Lipinski definition) is 4. The van der Waals surface area contributed by atoms with Crippen LogP contribution in [0, 0.1) is 22.7 Å². The van der Waals surface area contributed by atoms with Gasteiger partial charge in [-0.25, -0.2) is 0 Å². The van der Waals surface area contributed by atoms with Crippen molar-refractivity contribution in [1.29, 1.82) is 10.5 Å². The van der Waals surface area contributed by atoms with Gasteiger partial charge < -0.3 is 0 Å². The van der Waals surface area contributed by atoms with Crippen molar-refractivity contribution in [2.45, 2.75) is 19.5 Å². The molecule has 6 heteroatoms. The second-order valence-electron chi connectivity index (χ2n) is 3.27. The first-order valence-electron chi connectivity index (χ1n) is 4.90. The minimum atomic E-state index is 0.466. The molecule has 0 aliphatic rings. The molecule has 0 saturated heterocycles. The van der Waals surface area contributed by atoms with E-state index >= 15 is 0 Å². The normalized spacial score (nSPS) is 10.0. The first-order chi connectivity index (χ1) is 7.76. The molecule has 0 unspecified atom stereocenters.